The Morgan fingerprint density at radius 3 is 2.76 bits per heavy atom. The third-order valence-corrected chi connectivity index (χ3v) is 3.64. The molecule has 3 nitrogen and oxygen atoms in total. The van der Waals surface area contributed by atoms with E-state index in [-0.39, 0.29) is 0 Å². The second-order valence-corrected chi connectivity index (χ2v) is 5.11. The highest BCUT2D eigenvalue weighted by Crippen LogP contribution is 2.25. The number of rotatable bonds is 2. The van der Waals surface area contributed by atoms with Gasteiger partial charge in [-0.1, -0.05) is 18.9 Å². The highest BCUT2D eigenvalue weighted by Gasteiger charge is 2.17. The minimum Gasteiger partial charge on any atom is -0.367 e. The van der Waals surface area contributed by atoms with Crippen molar-refractivity contribution in [1.82, 2.24) is 9.38 Å². The molecule has 0 aromatic carbocycles. The number of imidazole rings is 1. The van der Waals surface area contributed by atoms with Crippen molar-refractivity contribution in [3.8, 4) is 0 Å². The van der Waals surface area contributed by atoms with Crippen molar-refractivity contribution in [2.24, 2.45) is 0 Å². The summed E-state index contributed by atoms with van der Waals surface area (Å²) in [6.07, 6.45) is 7.45. The first-order chi connectivity index (χ1) is 8.24. The van der Waals surface area contributed by atoms with E-state index in [9.17, 15) is 0 Å². The van der Waals surface area contributed by atoms with Gasteiger partial charge in [0.05, 0.1) is 5.69 Å². The average molecular weight is 229 g/mol. The van der Waals surface area contributed by atoms with Crippen LogP contribution in [0.3, 0.4) is 0 Å². The molecule has 1 aliphatic rings. The molecule has 0 amide bonds. The highest BCUT2D eigenvalue weighted by atomic mass is 15.1. The number of fused-ring (bicyclic) bond motifs is 1. The average Bonchev–Trinajstić information content (AvgIpc) is 2.90. The van der Waals surface area contributed by atoms with Gasteiger partial charge in [-0.25, -0.2) is 4.98 Å². The Balaban J connectivity index is 2.01. The fraction of sp³-hybridized carbons (Fsp3) is 0.500. The van der Waals surface area contributed by atoms with Crippen LogP contribution in [0, 0.1) is 13.8 Å². The van der Waals surface area contributed by atoms with Crippen molar-refractivity contribution in [3.05, 3.63) is 29.6 Å². The summed E-state index contributed by atoms with van der Waals surface area (Å²) >= 11 is 0. The molecule has 2 heterocycles. The first-order valence-corrected chi connectivity index (χ1v) is 6.46. The molecule has 0 spiro atoms. The van der Waals surface area contributed by atoms with Crippen molar-refractivity contribution in [2.75, 3.05) is 5.32 Å². The first kappa shape index (κ1) is 10.6. The van der Waals surface area contributed by atoms with Gasteiger partial charge < -0.3 is 5.32 Å². The van der Waals surface area contributed by atoms with Gasteiger partial charge in [-0.2, -0.15) is 0 Å². The number of nitrogens with zero attached hydrogens (tertiary/aromatic N) is 2. The summed E-state index contributed by atoms with van der Waals surface area (Å²) in [5.74, 6) is 1.18. The Kier molecular flexibility index (Phi) is 2.54. The van der Waals surface area contributed by atoms with Crippen LogP contribution in [0.4, 0.5) is 5.82 Å². The van der Waals surface area contributed by atoms with Crippen molar-refractivity contribution in [2.45, 2.75) is 45.6 Å². The number of aryl methyl sites for hydroxylation is 2. The van der Waals surface area contributed by atoms with E-state index in [0.717, 1.165) is 11.3 Å². The van der Waals surface area contributed by atoms with Gasteiger partial charge >= 0.3 is 0 Å². The number of hydrogen-bond donors (Lipinski definition) is 1. The molecule has 17 heavy (non-hydrogen) atoms. The molecule has 2 aromatic heterocycles. The van der Waals surface area contributed by atoms with E-state index < -0.39 is 0 Å². The maximum Gasteiger partial charge on any atom is 0.138 e. The highest BCUT2D eigenvalue weighted by molar-refractivity contribution is 5.55. The van der Waals surface area contributed by atoms with Crippen LogP contribution in [0.15, 0.2) is 18.3 Å². The van der Waals surface area contributed by atoms with Crippen LogP contribution in [0.5, 0.6) is 0 Å². The van der Waals surface area contributed by atoms with E-state index in [1.165, 1.54) is 37.1 Å². The molecule has 0 atom stereocenters. The standard InChI is InChI=1S/C14H19N3/c1-10-7-8-13-15-11(2)14(17(13)9-10)16-12-5-3-4-6-12/h7-9,12,16H,3-6H2,1-2H3. The zero-order valence-electron chi connectivity index (χ0n) is 10.5. The Morgan fingerprint density at radius 1 is 1.24 bits per heavy atom. The molecule has 1 fully saturated rings. The lowest BCUT2D eigenvalue weighted by atomic mass is 10.2. The second kappa shape index (κ2) is 4.06. The summed E-state index contributed by atoms with van der Waals surface area (Å²) in [7, 11) is 0. The number of nitrogens with one attached hydrogen (secondary N) is 1. The van der Waals surface area contributed by atoms with Crippen LogP contribution < -0.4 is 5.32 Å². The molecule has 0 saturated heterocycles. The number of hydrogen-bond acceptors (Lipinski definition) is 2. The van der Waals surface area contributed by atoms with Gasteiger partial charge in [0.1, 0.15) is 11.5 Å². The molecular formula is C14H19N3. The number of pyridine rings is 1. The van der Waals surface area contributed by atoms with E-state index in [0.29, 0.717) is 6.04 Å². The molecule has 0 bridgehead atoms. The zero-order valence-corrected chi connectivity index (χ0v) is 10.5. The lowest BCUT2D eigenvalue weighted by molar-refractivity contribution is 0.747. The molecule has 1 N–H and O–H groups in total. The summed E-state index contributed by atoms with van der Waals surface area (Å²) in [5, 5.41) is 3.66. The van der Waals surface area contributed by atoms with Gasteiger partial charge in [-0.3, -0.25) is 4.40 Å². The largest absolute Gasteiger partial charge is 0.367 e. The molecule has 1 aliphatic carbocycles. The van der Waals surface area contributed by atoms with Crippen LogP contribution in [-0.2, 0) is 0 Å². The van der Waals surface area contributed by atoms with Gasteiger partial charge in [0, 0.05) is 12.2 Å². The summed E-state index contributed by atoms with van der Waals surface area (Å²) in [4.78, 5) is 4.60. The van der Waals surface area contributed by atoms with Crippen LogP contribution >= 0.6 is 0 Å². The molecule has 3 heteroatoms. The fourth-order valence-electron chi connectivity index (χ4n) is 2.71. The van der Waals surface area contributed by atoms with Gasteiger partial charge in [0.15, 0.2) is 0 Å². The summed E-state index contributed by atoms with van der Waals surface area (Å²) in [6, 6.07) is 4.83. The van der Waals surface area contributed by atoms with Gasteiger partial charge in [-0.15, -0.1) is 0 Å². The normalized spacial score (nSPS) is 16.8. The predicted molar refractivity (Wildman–Crippen MR) is 70.5 cm³/mol. The molecule has 3 rings (SSSR count). The summed E-state index contributed by atoms with van der Waals surface area (Å²) in [5.41, 5.74) is 3.40. The van der Waals surface area contributed by atoms with Crippen LogP contribution in [0.25, 0.3) is 5.65 Å². The number of anilines is 1. The molecular weight excluding hydrogens is 210 g/mol. The molecule has 90 valence electrons. The Hall–Kier alpha value is -1.51. The van der Waals surface area contributed by atoms with E-state index >= 15 is 0 Å². The van der Waals surface area contributed by atoms with E-state index in [2.05, 4.69) is 46.9 Å². The van der Waals surface area contributed by atoms with Crippen molar-refractivity contribution in [3.63, 3.8) is 0 Å². The second-order valence-electron chi connectivity index (χ2n) is 5.11. The monoisotopic (exact) mass is 229 g/mol. The quantitative estimate of drug-likeness (QED) is 0.856. The number of aromatic nitrogens is 2. The topological polar surface area (TPSA) is 29.3 Å². The van der Waals surface area contributed by atoms with E-state index in [1.807, 2.05) is 0 Å². The van der Waals surface area contributed by atoms with Crippen LogP contribution in [0.1, 0.15) is 36.9 Å². The molecule has 0 aliphatic heterocycles. The van der Waals surface area contributed by atoms with Gasteiger partial charge in [0.2, 0.25) is 0 Å². The van der Waals surface area contributed by atoms with Crippen molar-refractivity contribution >= 4 is 11.5 Å². The molecule has 2 aromatic rings. The third-order valence-electron chi connectivity index (χ3n) is 3.64. The van der Waals surface area contributed by atoms with Crippen molar-refractivity contribution in [1.29, 1.82) is 0 Å². The predicted octanol–water partition coefficient (Wildman–Crippen LogP) is 3.31. The van der Waals surface area contributed by atoms with Crippen LogP contribution in [0.2, 0.25) is 0 Å². The Morgan fingerprint density at radius 2 is 2.00 bits per heavy atom. The first-order valence-electron chi connectivity index (χ1n) is 6.46. The Bertz CT molecular complexity index is 536. The fourth-order valence-corrected chi connectivity index (χ4v) is 2.71. The SMILES string of the molecule is Cc1ccc2nc(C)c(NC3CCCC3)n2c1. The van der Waals surface area contributed by atoms with Crippen LogP contribution in [-0.4, -0.2) is 15.4 Å². The van der Waals surface area contributed by atoms with Gasteiger partial charge in [-0.05, 0) is 38.3 Å². The summed E-state index contributed by atoms with van der Waals surface area (Å²) in [6.45, 7) is 4.20. The molecule has 0 radical (unpaired) electrons. The maximum absolute atomic E-state index is 4.60. The lowest BCUT2D eigenvalue weighted by Crippen LogP contribution is -2.16. The Labute approximate surface area is 102 Å². The summed E-state index contributed by atoms with van der Waals surface area (Å²) < 4.78 is 2.18. The minimum absolute atomic E-state index is 0.633. The minimum atomic E-state index is 0.633. The van der Waals surface area contributed by atoms with E-state index in [4.69, 9.17) is 0 Å². The maximum atomic E-state index is 4.60. The van der Waals surface area contributed by atoms with Gasteiger partial charge in [0.25, 0.3) is 0 Å². The molecule has 1 saturated carbocycles. The smallest absolute Gasteiger partial charge is 0.138 e. The molecule has 0 unspecified atom stereocenters. The zero-order chi connectivity index (χ0) is 11.8. The third kappa shape index (κ3) is 1.90. The van der Waals surface area contributed by atoms with E-state index in [1.54, 1.807) is 0 Å². The van der Waals surface area contributed by atoms with Crippen molar-refractivity contribution < 1.29 is 0 Å². The lowest BCUT2D eigenvalue weighted by Gasteiger charge is -2.13.